The average Bonchev–Trinajstić information content (AvgIpc) is 2.59. The van der Waals surface area contributed by atoms with Crippen LogP contribution in [0.4, 0.5) is 0 Å². The molecule has 0 radical (unpaired) electrons. The third kappa shape index (κ3) is 17.5. The molecular weight excluding hydrogens is 328 g/mol. The van der Waals surface area contributed by atoms with Crippen molar-refractivity contribution in [2.45, 2.75) is 110 Å². The first-order valence-corrected chi connectivity index (χ1v) is 10.7. The molecule has 1 unspecified atom stereocenters. The van der Waals surface area contributed by atoms with Crippen LogP contribution in [0.15, 0.2) is 12.2 Å². The summed E-state index contributed by atoms with van der Waals surface area (Å²) >= 11 is 0. The molecule has 1 atom stereocenters. The minimum absolute atomic E-state index is 0.306. The number of aliphatic carboxylic acids is 2. The maximum absolute atomic E-state index is 10.9. The third-order valence-corrected chi connectivity index (χ3v) is 4.83. The summed E-state index contributed by atoms with van der Waals surface area (Å²) in [6.07, 6.45) is 22.1. The van der Waals surface area contributed by atoms with Gasteiger partial charge in [-0.15, -0.1) is 0 Å². The molecule has 0 fully saturated rings. The third-order valence-electron chi connectivity index (χ3n) is 4.83. The van der Waals surface area contributed by atoms with Crippen molar-refractivity contribution in [3.05, 3.63) is 12.2 Å². The maximum Gasteiger partial charge on any atom is 0.307 e. The van der Waals surface area contributed by atoms with Gasteiger partial charge in [0, 0.05) is 0 Å². The number of unbranched alkanes of at least 4 members (excludes halogenated alkanes) is 13. The summed E-state index contributed by atoms with van der Waals surface area (Å²) in [6, 6.07) is 0. The molecule has 0 amide bonds. The summed E-state index contributed by atoms with van der Waals surface area (Å²) in [4.78, 5) is 21.5. The Hall–Kier alpha value is -1.32. The van der Waals surface area contributed by atoms with Crippen molar-refractivity contribution >= 4 is 11.9 Å². The van der Waals surface area contributed by atoms with E-state index in [1.54, 1.807) is 0 Å². The molecule has 0 aromatic rings. The molecule has 0 aliphatic heterocycles. The van der Waals surface area contributed by atoms with Crippen LogP contribution >= 0.6 is 0 Å². The molecule has 4 nitrogen and oxygen atoms in total. The number of allylic oxidation sites excluding steroid dienone is 2. The number of hydrogen-bond donors (Lipinski definition) is 2. The van der Waals surface area contributed by atoms with E-state index in [1.165, 1.54) is 77.0 Å². The highest BCUT2D eigenvalue weighted by atomic mass is 16.4. The maximum atomic E-state index is 10.9. The van der Waals surface area contributed by atoms with Crippen LogP contribution in [0.5, 0.6) is 0 Å². The van der Waals surface area contributed by atoms with E-state index >= 15 is 0 Å². The number of carbonyl (C=O) groups is 2. The van der Waals surface area contributed by atoms with Crippen molar-refractivity contribution in [3.63, 3.8) is 0 Å². The summed E-state index contributed by atoms with van der Waals surface area (Å²) in [5.74, 6) is -2.89. The van der Waals surface area contributed by atoms with Crippen LogP contribution < -0.4 is 0 Å². The van der Waals surface area contributed by atoms with Gasteiger partial charge in [0.25, 0.3) is 0 Å². The van der Waals surface area contributed by atoms with E-state index < -0.39 is 17.9 Å². The van der Waals surface area contributed by atoms with Gasteiger partial charge in [-0.25, -0.2) is 0 Å². The SMILES string of the molecule is CCCCCCCCCCCCCCC/C=C/CC(CC(=O)O)C(=O)O. The molecule has 2 N–H and O–H groups in total. The molecule has 0 heterocycles. The monoisotopic (exact) mass is 368 g/mol. The second-order valence-corrected chi connectivity index (χ2v) is 7.37. The van der Waals surface area contributed by atoms with Crippen LogP contribution in [-0.2, 0) is 9.59 Å². The van der Waals surface area contributed by atoms with Gasteiger partial charge in [-0.2, -0.15) is 0 Å². The average molecular weight is 369 g/mol. The molecule has 26 heavy (non-hydrogen) atoms. The lowest BCUT2D eigenvalue weighted by Crippen LogP contribution is -2.16. The molecule has 152 valence electrons. The summed E-state index contributed by atoms with van der Waals surface area (Å²) in [5, 5.41) is 17.6. The van der Waals surface area contributed by atoms with Gasteiger partial charge in [0.05, 0.1) is 12.3 Å². The first-order valence-electron chi connectivity index (χ1n) is 10.7. The number of carboxylic acids is 2. The van der Waals surface area contributed by atoms with Crippen LogP contribution in [0.3, 0.4) is 0 Å². The van der Waals surface area contributed by atoms with E-state index in [0.717, 1.165) is 12.8 Å². The first kappa shape index (κ1) is 24.7. The Kier molecular flexibility index (Phi) is 17.5. The van der Waals surface area contributed by atoms with Crippen LogP contribution in [-0.4, -0.2) is 22.2 Å². The minimum atomic E-state index is -1.05. The second-order valence-electron chi connectivity index (χ2n) is 7.37. The summed E-state index contributed by atoms with van der Waals surface area (Å²) < 4.78 is 0. The lowest BCUT2D eigenvalue weighted by Gasteiger charge is -2.05. The van der Waals surface area contributed by atoms with Crippen LogP contribution in [0.2, 0.25) is 0 Å². The molecule has 0 aromatic carbocycles. The molecule has 0 spiro atoms. The quantitative estimate of drug-likeness (QED) is 0.199. The van der Waals surface area contributed by atoms with Crippen molar-refractivity contribution < 1.29 is 19.8 Å². The van der Waals surface area contributed by atoms with E-state index in [9.17, 15) is 9.59 Å². The van der Waals surface area contributed by atoms with Gasteiger partial charge in [-0.1, -0.05) is 96.1 Å². The molecular formula is C22H40O4. The number of rotatable bonds is 19. The molecule has 0 aliphatic carbocycles. The summed E-state index contributed by atoms with van der Waals surface area (Å²) in [7, 11) is 0. The van der Waals surface area contributed by atoms with Crippen molar-refractivity contribution in [2.24, 2.45) is 5.92 Å². The molecule has 0 aromatic heterocycles. The first-order chi connectivity index (χ1) is 12.6. The zero-order valence-corrected chi connectivity index (χ0v) is 16.8. The molecule has 0 aliphatic rings. The van der Waals surface area contributed by atoms with Gasteiger partial charge in [0.15, 0.2) is 0 Å². The van der Waals surface area contributed by atoms with E-state index in [0.29, 0.717) is 6.42 Å². The normalized spacial score (nSPS) is 12.5. The fourth-order valence-electron chi connectivity index (χ4n) is 3.14. The van der Waals surface area contributed by atoms with Crippen LogP contribution in [0.1, 0.15) is 110 Å². The van der Waals surface area contributed by atoms with Crippen LogP contribution in [0, 0.1) is 5.92 Å². The van der Waals surface area contributed by atoms with Gasteiger partial charge in [-0.05, 0) is 19.3 Å². The Balaban J connectivity index is 3.37. The standard InChI is InChI=1S/C22H40O4/c1-2-3-4-5-6-7-8-9-10-11-12-13-14-15-16-17-18-20(22(25)26)19-21(23)24/h16-17,20H,2-15,18-19H2,1H3,(H,23,24)(H,25,26)/b17-16+. The zero-order chi connectivity index (χ0) is 19.5. The molecule has 4 heteroatoms. The number of carboxylic acid groups (broad SMARTS) is 2. The lowest BCUT2D eigenvalue weighted by molar-refractivity contribution is -0.148. The van der Waals surface area contributed by atoms with Gasteiger partial charge in [0.2, 0.25) is 0 Å². The highest BCUT2D eigenvalue weighted by Gasteiger charge is 2.19. The van der Waals surface area contributed by atoms with E-state index in [2.05, 4.69) is 6.92 Å². The Labute approximate surface area is 160 Å². The van der Waals surface area contributed by atoms with Crippen molar-refractivity contribution in [2.75, 3.05) is 0 Å². The summed E-state index contributed by atoms with van der Waals surface area (Å²) in [6.45, 7) is 2.26. The molecule has 0 saturated carbocycles. The highest BCUT2D eigenvalue weighted by molar-refractivity contribution is 5.77. The van der Waals surface area contributed by atoms with Gasteiger partial charge in [0.1, 0.15) is 0 Å². The van der Waals surface area contributed by atoms with E-state index in [1.807, 2.05) is 12.2 Å². The van der Waals surface area contributed by atoms with E-state index in [4.69, 9.17) is 10.2 Å². The topological polar surface area (TPSA) is 74.6 Å². The van der Waals surface area contributed by atoms with Crippen LogP contribution in [0.25, 0.3) is 0 Å². The Bertz CT molecular complexity index is 376. The fourth-order valence-corrected chi connectivity index (χ4v) is 3.14. The van der Waals surface area contributed by atoms with E-state index in [-0.39, 0.29) is 6.42 Å². The number of hydrogen-bond acceptors (Lipinski definition) is 2. The molecule has 0 rings (SSSR count). The van der Waals surface area contributed by atoms with Gasteiger partial charge < -0.3 is 10.2 Å². The highest BCUT2D eigenvalue weighted by Crippen LogP contribution is 2.14. The molecule has 0 bridgehead atoms. The zero-order valence-electron chi connectivity index (χ0n) is 16.8. The fraction of sp³-hybridized carbons (Fsp3) is 0.818. The lowest BCUT2D eigenvalue weighted by atomic mass is 10.0. The predicted octanol–water partition coefficient (Wildman–Crippen LogP) is 6.59. The van der Waals surface area contributed by atoms with Crippen molar-refractivity contribution in [1.29, 1.82) is 0 Å². The van der Waals surface area contributed by atoms with Gasteiger partial charge in [-0.3, -0.25) is 9.59 Å². The Morgan fingerprint density at radius 3 is 1.62 bits per heavy atom. The van der Waals surface area contributed by atoms with Gasteiger partial charge >= 0.3 is 11.9 Å². The predicted molar refractivity (Wildman–Crippen MR) is 107 cm³/mol. The Morgan fingerprint density at radius 2 is 1.19 bits per heavy atom. The van der Waals surface area contributed by atoms with Crippen molar-refractivity contribution in [3.8, 4) is 0 Å². The minimum Gasteiger partial charge on any atom is -0.481 e. The Morgan fingerprint density at radius 1 is 0.731 bits per heavy atom. The molecule has 0 saturated heterocycles. The summed E-state index contributed by atoms with van der Waals surface area (Å²) in [5.41, 5.74) is 0. The largest absolute Gasteiger partial charge is 0.481 e. The second kappa shape index (κ2) is 18.5. The smallest absolute Gasteiger partial charge is 0.307 e. The van der Waals surface area contributed by atoms with Crippen molar-refractivity contribution in [1.82, 2.24) is 0 Å².